The fraction of sp³-hybridized carbons (Fsp3) is 0.429. The molecule has 8 heteroatoms. The number of rotatable bonds is 3. The highest BCUT2D eigenvalue weighted by Crippen LogP contribution is 1.98. The van der Waals surface area contributed by atoms with E-state index in [0.29, 0.717) is 4.57 Å². The van der Waals surface area contributed by atoms with Crippen molar-refractivity contribution in [2.45, 2.75) is 6.54 Å². The van der Waals surface area contributed by atoms with Crippen LogP contribution in [0.5, 0.6) is 0 Å². The second-order valence-corrected chi connectivity index (χ2v) is 2.85. The third-order valence-corrected chi connectivity index (χ3v) is 1.83. The molecule has 0 aliphatic carbocycles. The Labute approximate surface area is 83.2 Å². The standard InChI is InChI=1S/C7H9N3O5/c1-8-4-5(10(14)15)6(12)9(2-3-11)7(8)13/h4,11H,2-3H2,1H3. The summed E-state index contributed by atoms with van der Waals surface area (Å²) in [6.45, 7) is -0.691. The summed E-state index contributed by atoms with van der Waals surface area (Å²) in [6, 6.07) is 0. The van der Waals surface area contributed by atoms with Crippen molar-refractivity contribution >= 4 is 5.69 Å². The Morgan fingerprint density at radius 3 is 2.60 bits per heavy atom. The van der Waals surface area contributed by atoms with Crippen LogP contribution in [0.4, 0.5) is 5.69 Å². The molecule has 1 N–H and O–H groups in total. The number of hydrogen-bond donors (Lipinski definition) is 1. The minimum absolute atomic E-state index is 0.257. The predicted molar refractivity (Wildman–Crippen MR) is 49.7 cm³/mol. The van der Waals surface area contributed by atoms with Crippen LogP contribution in [0.1, 0.15) is 0 Å². The van der Waals surface area contributed by atoms with Crippen molar-refractivity contribution in [3.05, 3.63) is 37.1 Å². The summed E-state index contributed by atoms with van der Waals surface area (Å²) in [4.78, 5) is 32.3. The van der Waals surface area contributed by atoms with Gasteiger partial charge in [-0.05, 0) is 0 Å². The fourth-order valence-corrected chi connectivity index (χ4v) is 1.13. The molecule has 1 aromatic heterocycles. The van der Waals surface area contributed by atoms with Crippen molar-refractivity contribution in [3.63, 3.8) is 0 Å². The van der Waals surface area contributed by atoms with E-state index in [0.717, 1.165) is 10.8 Å². The van der Waals surface area contributed by atoms with Crippen molar-refractivity contribution in [2.75, 3.05) is 6.61 Å². The van der Waals surface area contributed by atoms with Crippen molar-refractivity contribution in [1.29, 1.82) is 0 Å². The van der Waals surface area contributed by atoms with E-state index in [9.17, 15) is 19.7 Å². The van der Waals surface area contributed by atoms with Crippen molar-refractivity contribution < 1.29 is 10.0 Å². The molecule has 82 valence electrons. The molecule has 0 aliphatic rings. The molecule has 0 atom stereocenters. The summed E-state index contributed by atoms with van der Waals surface area (Å²) < 4.78 is 1.55. The maximum atomic E-state index is 11.4. The van der Waals surface area contributed by atoms with Crippen LogP contribution in [0.25, 0.3) is 0 Å². The Kier molecular flexibility index (Phi) is 3.00. The average Bonchev–Trinajstić information content (AvgIpc) is 2.18. The van der Waals surface area contributed by atoms with Gasteiger partial charge in [-0.2, -0.15) is 0 Å². The summed E-state index contributed by atoms with van der Waals surface area (Å²) in [5.41, 5.74) is -2.39. The SMILES string of the molecule is Cn1cc([N+](=O)[O-])c(=O)n(CCO)c1=O. The molecule has 8 nitrogen and oxygen atoms in total. The maximum absolute atomic E-state index is 11.4. The number of aromatic nitrogens is 2. The van der Waals surface area contributed by atoms with Gasteiger partial charge in [-0.25, -0.2) is 4.79 Å². The second kappa shape index (κ2) is 4.05. The quantitative estimate of drug-likeness (QED) is 0.485. The fourth-order valence-electron chi connectivity index (χ4n) is 1.13. The lowest BCUT2D eigenvalue weighted by Crippen LogP contribution is -2.40. The van der Waals surface area contributed by atoms with Gasteiger partial charge in [-0.15, -0.1) is 0 Å². The van der Waals surface area contributed by atoms with Gasteiger partial charge in [0.05, 0.1) is 24.3 Å². The van der Waals surface area contributed by atoms with Gasteiger partial charge in [0.25, 0.3) is 0 Å². The van der Waals surface area contributed by atoms with E-state index in [4.69, 9.17) is 5.11 Å². The molecule has 1 aromatic rings. The molecule has 0 aliphatic heterocycles. The molecule has 15 heavy (non-hydrogen) atoms. The van der Waals surface area contributed by atoms with Crippen LogP contribution in [-0.2, 0) is 13.6 Å². The molecule has 1 heterocycles. The summed E-state index contributed by atoms with van der Waals surface area (Å²) in [5.74, 6) is 0. The lowest BCUT2D eigenvalue weighted by Gasteiger charge is -2.04. The van der Waals surface area contributed by atoms with Gasteiger partial charge in [0.15, 0.2) is 0 Å². The molecule has 0 spiro atoms. The lowest BCUT2D eigenvalue weighted by atomic mass is 10.5. The highest BCUT2D eigenvalue weighted by molar-refractivity contribution is 5.21. The van der Waals surface area contributed by atoms with Crippen LogP contribution in [0, 0.1) is 10.1 Å². The molecule has 0 saturated carbocycles. The first kappa shape index (κ1) is 11.1. The van der Waals surface area contributed by atoms with Crippen LogP contribution >= 0.6 is 0 Å². The van der Waals surface area contributed by atoms with E-state index in [2.05, 4.69) is 0 Å². The van der Waals surface area contributed by atoms with Crippen molar-refractivity contribution in [3.8, 4) is 0 Å². The zero-order chi connectivity index (χ0) is 11.6. The second-order valence-electron chi connectivity index (χ2n) is 2.85. The first-order valence-electron chi connectivity index (χ1n) is 4.04. The van der Waals surface area contributed by atoms with Gasteiger partial charge < -0.3 is 5.11 Å². The molecule has 0 fully saturated rings. The van der Waals surface area contributed by atoms with Gasteiger partial charge in [0.1, 0.15) is 0 Å². The molecule has 0 aromatic carbocycles. The number of nitro groups is 1. The predicted octanol–water partition coefficient (Wildman–Crippen LogP) is -1.55. The topological polar surface area (TPSA) is 107 Å². The summed E-state index contributed by atoms with van der Waals surface area (Å²) in [6.07, 6.45) is 0.860. The average molecular weight is 215 g/mol. The summed E-state index contributed by atoms with van der Waals surface area (Å²) in [7, 11) is 1.29. The number of hydrogen-bond acceptors (Lipinski definition) is 5. The Bertz CT molecular complexity index is 500. The van der Waals surface area contributed by atoms with Crippen molar-refractivity contribution in [2.24, 2.45) is 7.05 Å². The van der Waals surface area contributed by atoms with Gasteiger partial charge in [0, 0.05) is 7.05 Å². The van der Waals surface area contributed by atoms with E-state index in [-0.39, 0.29) is 6.54 Å². The highest BCUT2D eigenvalue weighted by atomic mass is 16.6. The molecule has 1 rings (SSSR count). The number of aliphatic hydroxyl groups excluding tert-OH is 1. The Morgan fingerprint density at radius 1 is 1.53 bits per heavy atom. The van der Waals surface area contributed by atoms with E-state index in [1.54, 1.807) is 0 Å². The molecule has 0 unspecified atom stereocenters. The molecule has 0 amide bonds. The molecule has 0 radical (unpaired) electrons. The number of aryl methyl sites for hydroxylation is 1. The van der Waals surface area contributed by atoms with Crippen molar-refractivity contribution in [1.82, 2.24) is 9.13 Å². The smallest absolute Gasteiger partial charge is 0.350 e. The maximum Gasteiger partial charge on any atom is 0.350 e. The van der Waals surface area contributed by atoms with Gasteiger partial charge in [-0.1, -0.05) is 0 Å². The minimum atomic E-state index is -1.00. The normalized spacial score (nSPS) is 10.3. The third kappa shape index (κ3) is 1.94. The van der Waals surface area contributed by atoms with Crippen LogP contribution in [0.2, 0.25) is 0 Å². The van der Waals surface area contributed by atoms with Crippen LogP contribution in [0.3, 0.4) is 0 Å². The Balaban J connectivity index is 3.57. The first-order valence-corrected chi connectivity index (χ1v) is 4.04. The monoisotopic (exact) mass is 215 g/mol. The molecular formula is C7H9N3O5. The zero-order valence-electron chi connectivity index (χ0n) is 7.91. The zero-order valence-corrected chi connectivity index (χ0v) is 7.91. The molecule has 0 saturated heterocycles. The summed E-state index contributed by atoms with van der Waals surface area (Å²) >= 11 is 0. The highest BCUT2D eigenvalue weighted by Gasteiger charge is 2.17. The van der Waals surface area contributed by atoms with Gasteiger partial charge in [-0.3, -0.25) is 24.0 Å². The number of nitrogens with zero attached hydrogens (tertiary/aromatic N) is 3. The lowest BCUT2D eigenvalue weighted by molar-refractivity contribution is -0.387. The number of aliphatic hydroxyl groups is 1. The molecule has 0 bridgehead atoms. The van der Waals surface area contributed by atoms with E-state index in [1.165, 1.54) is 7.05 Å². The first-order chi connectivity index (χ1) is 6.99. The van der Waals surface area contributed by atoms with E-state index >= 15 is 0 Å². The summed E-state index contributed by atoms with van der Waals surface area (Å²) in [5, 5.41) is 19.1. The third-order valence-electron chi connectivity index (χ3n) is 1.83. The van der Waals surface area contributed by atoms with Crippen LogP contribution in [-0.4, -0.2) is 25.8 Å². The Morgan fingerprint density at radius 2 is 2.13 bits per heavy atom. The molecular weight excluding hydrogens is 206 g/mol. The Hall–Kier alpha value is -1.96. The minimum Gasteiger partial charge on any atom is -0.395 e. The van der Waals surface area contributed by atoms with Crippen LogP contribution < -0.4 is 11.2 Å². The van der Waals surface area contributed by atoms with Gasteiger partial charge >= 0.3 is 16.9 Å². The largest absolute Gasteiger partial charge is 0.395 e. The van der Waals surface area contributed by atoms with E-state index < -0.39 is 28.5 Å². The van der Waals surface area contributed by atoms with Crippen LogP contribution in [0.15, 0.2) is 15.8 Å². The van der Waals surface area contributed by atoms with E-state index in [1.807, 2.05) is 0 Å². The van der Waals surface area contributed by atoms with Gasteiger partial charge in [0.2, 0.25) is 0 Å².